The Labute approximate surface area is 119 Å². The first kappa shape index (κ1) is 12.5. The molecule has 1 heterocycles. The molecule has 0 spiro atoms. The maximum absolute atomic E-state index is 9.40. The van der Waals surface area contributed by atoms with E-state index in [1.807, 2.05) is 12.1 Å². The average Bonchev–Trinajstić information content (AvgIpc) is 2.92. The van der Waals surface area contributed by atoms with Gasteiger partial charge in [0.2, 0.25) is 5.82 Å². The topological polar surface area (TPSA) is 85.2 Å². The molecule has 100 valence electrons. The number of halogens is 1. The Bertz CT molecular complexity index is 753. The molecule has 3 aromatic rings. The molecular weight excluding hydrogens is 278 g/mol. The van der Waals surface area contributed by atoms with E-state index in [9.17, 15) is 5.11 Å². The molecule has 5 nitrogen and oxygen atoms in total. The van der Waals surface area contributed by atoms with Crippen molar-refractivity contribution in [2.24, 2.45) is 0 Å². The van der Waals surface area contributed by atoms with Gasteiger partial charge < -0.3 is 15.4 Å². The minimum atomic E-state index is 0.0196. The number of phenols is 1. The molecule has 6 heteroatoms. The molecule has 20 heavy (non-hydrogen) atoms. The lowest BCUT2D eigenvalue weighted by molar-refractivity contribution is 0.432. The third-order valence-electron chi connectivity index (χ3n) is 2.80. The van der Waals surface area contributed by atoms with Crippen LogP contribution in [0.3, 0.4) is 0 Å². The molecule has 0 aliphatic rings. The third-order valence-corrected chi connectivity index (χ3v) is 3.05. The summed E-state index contributed by atoms with van der Waals surface area (Å²) in [6.07, 6.45) is 0. The van der Waals surface area contributed by atoms with Crippen molar-refractivity contribution in [3.05, 3.63) is 47.5 Å². The fraction of sp³-hybridized carbons (Fsp3) is 0. The minimum absolute atomic E-state index is 0.0196. The van der Waals surface area contributed by atoms with E-state index in [4.69, 9.17) is 21.9 Å². The molecule has 0 unspecified atom stereocenters. The van der Waals surface area contributed by atoms with E-state index >= 15 is 0 Å². The largest absolute Gasteiger partial charge is 0.506 e. The van der Waals surface area contributed by atoms with E-state index in [0.717, 1.165) is 5.56 Å². The highest BCUT2D eigenvalue weighted by Gasteiger charge is 2.11. The van der Waals surface area contributed by atoms with Gasteiger partial charge in [-0.2, -0.15) is 4.98 Å². The van der Waals surface area contributed by atoms with Crippen LogP contribution in [0.2, 0.25) is 5.02 Å². The Morgan fingerprint density at radius 2 is 1.75 bits per heavy atom. The van der Waals surface area contributed by atoms with Crippen LogP contribution in [0.15, 0.2) is 47.0 Å². The smallest absolute Gasteiger partial charge is 0.258 e. The van der Waals surface area contributed by atoms with Gasteiger partial charge in [-0.15, -0.1) is 0 Å². The highest BCUT2D eigenvalue weighted by molar-refractivity contribution is 6.30. The Balaban J connectivity index is 1.97. The van der Waals surface area contributed by atoms with Crippen molar-refractivity contribution in [1.29, 1.82) is 0 Å². The molecule has 0 bridgehead atoms. The van der Waals surface area contributed by atoms with Gasteiger partial charge in [0.15, 0.2) is 0 Å². The summed E-state index contributed by atoms with van der Waals surface area (Å²) < 4.78 is 5.20. The average molecular weight is 288 g/mol. The molecule has 0 saturated carbocycles. The number of hydrogen-bond acceptors (Lipinski definition) is 5. The predicted octanol–water partition coefficient (Wildman–Crippen LogP) is 3.34. The van der Waals surface area contributed by atoms with Crippen molar-refractivity contribution in [1.82, 2.24) is 10.1 Å². The first-order valence-corrected chi connectivity index (χ1v) is 6.20. The Hall–Kier alpha value is -2.53. The van der Waals surface area contributed by atoms with E-state index in [0.29, 0.717) is 22.3 Å². The van der Waals surface area contributed by atoms with Crippen LogP contribution in [0.4, 0.5) is 5.69 Å². The maximum atomic E-state index is 9.40. The number of benzene rings is 2. The molecule has 1 aromatic heterocycles. The molecule has 3 rings (SSSR count). The zero-order chi connectivity index (χ0) is 14.1. The second kappa shape index (κ2) is 4.86. The van der Waals surface area contributed by atoms with Crippen LogP contribution < -0.4 is 5.73 Å². The summed E-state index contributed by atoms with van der Waals surface area (Å²) in [4.78, 5) is 4.29. The summed E-state index contributed by atoms with van der Waals surface area (Å²) in [5.74, 6) is 0.816. The number of hydrogen-bond donors (Lipinski definition) is 2. The lowest BCUT2D eigenvalue weighted by Crippen LogP contribution is -1.87. The van der Waals surface area contributed by atoms with Gasteiger partial charge in [0.1, 0.15) is 5.75 Å². The SMILES string of the molecule is Nc1cc(-c2nc(-c3ccc(Cl)cc3)no2)ccc1O. The number of aromatic hydroxyl groups is 1. The standard InChI is InChI=1S/C14H10ClN3O2/c15-10-4-1-8(2-5-10)13-17-14(20-18-13)9-3-6-12(19)11(16)7-9/h1-7,19H,16H2. The summed E-state index contributed by atoms with van der Waals surface area (Å²) in [6, 6.07) is 11.8. The fourth-order valence-electron chi connectivity index (χ4n) is 1.74. The monoisotopic (exact) mass is 287 g/mol. The Morgan fingerprint density at radius 3 is 2.45 bits per heavy atom. The summed E-state index contributed by atoms with van der Waals surface area (Å²) in [7, 11) is 0. The first-order chi connectivity index (χ1) is 9.63. The van der Waals surface area contributed by atoms with Crippen molar-refractivity contribution in [2.45, 2.75) is 0 Å². The van der Waals surface area contributed by atoms with Crippen molar-refractivity contribution in [3.8, 4) is 28.6 Å². The zero-order valence-electron chi connectivity index (χ0n) is 10.2. The number of nitrogens with zero attached hydrogens (tertiary/aromatic N) is 2. The molecule has 0 atom stereocenters. The van der Waals surface area contributed by atoms with Crippen molar-refractivity contribution >= 4 is 17.3 Å². The number of nitrogen functional groups attached to an aromatic ring is 1. The number of nitrogens with two attached hydrogens (primary N) is 1. The van der Waals surface area contributed by atoms with Crippen LogP contribution >= 0.6 is 11.6 Å². The van der Waals surface area contributed by atoms with Crippen LogP contribution in [-0.4, -0.2) is 15.2 Å². The third kappa shape index (κ3) is 2.31. The number of aromatic nitrogens is 2. The molecule has 3 N–H and O–H groups in total. The maximum Gasteiger partial charge on any atom is 0.258 e. The number of rotatable bonds is 2. The van der Waals surface area contributed by atoms with Crippen LogP contribution in [0.25, 0.3) is 22.8 Å². The zero-order valence-corrected chi connectivity index (χ0v) is 11.0. The van der Waals surface area contributed by atoms with Gasteiger partial charge >= 0.3 is 0 Å². The summed E-state index contributed by atoms with van der Waals surface area (Å²) in [6.45, 7) is 0. The van der Waals surface area contributed by atoms with Gasteiger partial charge in [-0.25, -0.2) is 0 Å². The highest BCUT2D eigenvalue weighted by Crippen LogP contribution is 2.28. The fourth-order valence-corrected chi connectivity index (χ4v) is 1.87. The van der Waals surface area contributed by atoms with Crippen LogP contribution in [-0.2, 0) is 0 Å². The summed E-state index contributed by atoms with van der Waals surface area (Å²) >= 11 is 5.83. The van der Waals surface area contributed by atoms with E-state index in [1.165, 1.54) is 6.07 Å². The van der Waals surface area contributed by atoms with Gasteiger partial charge in [0, 0.05) is 16.1 Å². The van der Waals surface area contributed by atoms with E-state index in [2.05, 4.69) is 10.1 Å². The van der Waals surface area contributed by atoms with E-state index in [-0.39, 0.29) is 11.4 Å². The lowest BCUT2D eigenvalue weighted by Gasteiger charge is -1.99. The molecule has 0 saturated heterocycles. The number of phenolic OH excluding ortho intramolecular Hbond substituents is 1. The number of anilines is 1. The quantitative estimate of drug-likeness (QED) is 0.558. The van der Waals surface area contributed by atoms with Gasteiger partial charge in [-0.05, 0) is 42.5 Å². The van der Waals surface area contributed by atoms with Crippen LogP contribution in [0, 0.1) is 0 Å². The highest BCUT2D eigenvalue weighted by atomic mass is 35.5. The Morgan fingerprint density at radius 1 is 1.05 bits per heavy atom. The minimum Gasteiger partial charge on any atom is -0.506 e. The normalized spacial score (nSPS) is 10.7. The second-order valence-corrected chi connectivity index (χ2v) is 4.64. The van der Waals surface area contributed by atoms with E-state index < -0.39 is 0 Å². The predicted molar refractivity (Wildman–Crippen MR) is 76.3 cm³/mol. The molecule has 0 aliphatic heterocycles. The van der Waals surface area contributed by atoms with Crippen LogP contribution in [0.1, 0.15) is 0 Å². The molecule has 0 amide bonds. The van der Waals surface area contributed by atoms with Gasteiger partial charge in [-0.1, -0.05) is 16.8 Å². The van der Waals surface area contributed by atoms with Gasteiger partial charge in [0.25, 0.3) is 5.89 Å². The lowest BCUT2D eigenvalue weighted by atomic mass is 10.2. The van der Waals surface area contributed by atoms with Crippen molar-refractivity contribution in [2.75, 3.05) is 5.73 Å². The molecule has 0 radical (unpaired) electrons. The van der Waals surface area contributed by atoms with Gasteiger partial charge in [-0.3, -0.25) is 0 Å². The second-order valence-electron chi connectivity index (χ2n) is 4.20. The van der Waals surface area contributed by atoms with Crippen molar-refractivity contribution < 1.29 is 9.63 Å². The van der Waals surface area contributed by atoms with Crippen molar-refractivity contribution in [3.63, 3.8) is 0 Å². The Kier molecular flexibility index (Phi) is 3.04. The molecule has 2 aromatic carbocycles. The van der Waals surface area contributed by atoms with E-state index in [1.54, 1.807) is 24.3 Å². The molecular formula is C14H10ClN3O2. The van der Waals surface area contributed by atoms with Crippen LogP contribution in [0.5, 0.6) is 5.75 Å². The molecule has 0 aliphatic carbocycles. The molecule has 0 fully saturated rings. The summed E-state index contributed by atoms with van der Waals surface area (Å²) in [5, 5.41) is 14.0. The summed E-state index contributed by atoms with van der Waals surface area (Å²) in [5.41, 5.74) is 7.34. The first-order valence-electron chi connectivity index (χ1n) is 5.82. The van der Waals surface area contributed by atoms with Gasteiger partial charge in [0.05, 0.1) is 5.69 Å².